The summed E-state index contributed by atoms with van der Waals surface area (Å²) < 4.78 is 0. The zero-order valence-electron chi connectivity index (χ0n) is 17.4. The third kappa shape index (κ3) is 7.49. The van der Waals surface area contributed by atoms with E-state index < -0.39 is 11.9 Å². The van der Waals surface area contributed by atoms with Gasteiger partial charge in [-0.05, 0) is 49.0 Å². The Balaban J connectivity index is 2.12. The van der Waals surface area contributed by atoms with Crippen molar-refractivity contribution >= 4 is 52.6 Å². The van der Waals surface area contributed by atoms with Crippen LogP contribution in [0.1, 0.15) is 42.7 Å². The van der Waals surface area contributed by atoms with Crippen LogP contribution in [-0.2, 0) is 11.2 Å². The molecule has 1 aromatic heterocycles. The highest BCUT2D eigenvalue weighted by Crippen LogP contribution is 2.19. The Hall–Kier alpha value is -1.77. The van der Waals surface area contributed by atoms with Gasteiger partial charge in [0, 0.05) is 11.4 Å². The maximum absolute atomic E-state index is 12.8. The van der Waals surface area contributed by atoms with Gasteiger partial charge < -0.3 is 10.6 Å². The SMILES string of the molecule is CCCSc1ncc(Cl)c(C(=O)N[C@H](CCSC)C(=O)Nc2ccc(CC)cc2)n1. The monoisotopic (exact) mass is 466 g/mol. The molecule has 2 rings (SSSR count). The third-order valence-corrected chi connectivity index (χ3v) is 6.22. The molecule has 0 fully saturated rings. The molecule has 0 bridgehead atoms. The van der Waals surface area contributed by atoms with Gasteiger partial charge in [-0.1, -0.05) is 49.3 Å². The van der Waals surface area contributed by atoms with Crippen LogP contribution in [0.3, 0.4) is 0 Å². The van der Waals surface area contributed by atoms with Crippen LogP contribution >= 0.6 is 35.1 Å². The number of hydrogen-bond acceptors (Lipinski definition) is 6. The Morgan fingerprint density at radius 2 is 1.90 bits per heavy atom. The van der Waals surface area contributed by atoms with Gasteiger partial charge in [-0.25, -0.2) is 9.97 Å². The van der Waals surface area contributed by atoms with E-state index in [0.29, 0.717) is 17.3 Å². The van der Waals surface area contributed by atoms with Crippen molar-refractivity contribution in [3.8, 4) is 0 Å². The van der Waals surface area contributed by atoms with Crippen molar-refractivity contribution < 1.29 is 9.59 Å². The van der Waals surface area contributed by atoms with Crippen molar-refractivity contribution in [2.75, 3.05) is 23.1 Å². The van der Waals surface area contributed by atoms with Crippen LogP contribution < -0.4 is 10.6 Å². The molecule has 30 heavy (non-hydrogen) atoms. The summed E-state index contributed by atoms with van der Waals surface area (Å²) in [5.41, 5.74) is 1.97. The molecule has 1 heterocycles. The number of carbonyl (C=O) groups is 2. The Morgan fingerprint density at radius 3 is 2.53 bits per heavy atom. The molecule has 0 aliphatic heterocycles. The molecule has 0 spiro atoms. The first-order chi connectivity index (χ1) is 14.5. The van der Waals surface area contributed by atoms with Crippen LogP contribution in [0.25, 0.3) is 0 Å². The molecule has 1 atom stereocenters. The highest BCUT2D eigenvalue weighted by atomic mass is 35.5. The summed E-state index contributed by atoms with van der Waals surface area (Å²) in [6, 6.07) is 6.97. The van der Waals surface area contributed by atoms with Crippen molar-refractivity contribution in [1.29, 1.82) is 0 Å². The molecule has 0 aliphatic carbocycles. The van der Waals surface area contributed by atoms with Gasteiger partial charge in [0.1, 0.15) is 6.04 Å². The maximum Gasteiger partial charge on any atom is 0.272 e. The Morgan fingerprint density at radius 1 is 1.17 bits per heavy atom. The van der Waals surface area contributed by atoms with Gasteiger partial charge in [0.05, 0.1) is 11.2 Å². The van der Waals surface area contributed by atoms with Gasteiger partial charge >= 0.3 is 0 Å². The number of halogens is 1. The number of anilines is 1. The molecule has 6 nitrogen and oxygen atoms in total. The van der Waals surface area contributed by atoms with E-state index in [-0.39, 0.29) is 16.6 Å². The van der Waals surface area contributed by atoms with E-state index in [2.05, 4.69) is 34.4 Å². The highest BCUT2D eigenvalue weighted by molar-refractivity contribution is 7.99. The fourth-order valence-electron chi connectivity index (χ4n) is 2.56. The number of nitrogens with zero attached hydrogens (tertiary/aromatic N) is 2. The maximum atomic E-state index is 12.8. The van der Waals surface area contributed by atoms with E-state index in [1.54, 1.807) is 11.8 Å². The van der Waals surface area contributed by atoms with Gasteiger partial charge in [-0.15, -0.1) is 0 Å². The summed E-state index contributed by atoms with van der Waals surface area (Å²) in [6.07, 6.45) is 5.77. The van der Waals surface area contributed by atoms with E-state index in [1.165, 1.54) is 23.5 Å². The molecule has 2 aromatic rings. The Labute approximate surface area is 191 Å². The number of amides is 2. The zero-order chi connectivity index (χ0) is 21.9. The minimum Gasteiger partial charge on any atom is -0.339 e. The highest BCUT2D eigenvalue weighted by Gasteiger charge is 2.24. The number of benzene rings is 1. The lowest BCUT2D eigenvalue weighted by atomic mass is 10.1. The first kappa shape index (κ1) is 24.5. The summed E-state index contributed by atoms with van der Waals surface area (Å²) in [6.45, 7) is 4.13. The molecule has 162 valence electrons. The predicted molar refractivity (Wildman–Crippen MR) is 127 cm³/mol. The average molecular weight is 467 g/mol. The van der Waals surface area contributed by atoms with Crippen LogP contribution in [0.5, 0.6) is 0 Å². The second-order valence-electron chi connectivity index (χ2n) is 6.54. The van der Waals surface area contributed by atoms with Crippen LogP contribution in [0, 0.1) is 0 Å². The van der Waals surface area contributed by atoms with E-state index in [1.807, 2.05) is 30.5 Å². The van der Waals surface area contributed by atoms with Gasteiger partial charge in [0.15, 0.2) is 10.9 Å². The van der Waals surface area contributed by atoms with Gasteiger partial charge in [-0.2, -0.15) is 11.8 Å². The third-order valence-electron chi connectivity index (χ3n) is 4.23. The molecule has 0 saturated heterocycles. The number of aromatic nitrogens is 2. The molecule has 2 N–H and O–H groups in total. The van der Waals surface area contributed by atoms with Crippen molar-refractivity contribution in [3.63, 3.8) is 0 Å². The lowest BCUT2D eigenvalue weighted by Gasteiger charge is -2.18. The molecule has 2 amide bonds. The lowest BCUT2D eigenvalue weighted by Crippen LogP contribution is -2.44. The minimum absolute atomic E-state index is 0.0829. The van der Waals surface area contributed by atoms with Crippen molar-refractivity contribution in [3.05, 3.63) is 46.7 Å². The molecule has 0 aliphatic rings. The van der Waals surface area contributed by atoms with Crippen LogP contribution in [-0.4, -0.2) is 45.6 Å². The zero-order valence-corrected chi connectivity index (χ0v) is 19.8. The Kier molecular flexibility index (Phi) is 10.5. The van der Waals surface area contributed by atoms with Gasteiger partial charge in [0.2, 0.25) is 5.91 Å². The predicted octanol–water partition coefficient (Wildman–Crippen LogP) is 4.68. The van der Waals surface area contributed by atoms with Crippen LogP contribution in [0.2, 0.25) is 5.02 Å². The van der Waals surface area contributed by atoms with Crippen molar-refractivity contribution in [2.45, 2.75) is 44.3 Å². The fraction of sp³-hybridized carbons (Fsp3) is 0.429. The van der Waals surface area contributed by atoms with Crippen LogP contribution in [0.15, 0.2) is 35.6 Å². The summed E-state index contributed by atoms with van der Waals surface area (Å²) >= 11 is 9.22. The number of carbonyl (C=O) groups excluding carboxylic acids is 2. The molecule has 1 aromatic carbocycles. The second kappa shape index (κ2) is 12.8. The molecule has 0 saturated carbocycles. The smallest absolute Gasteiger partial charge is 0.272 e. The molecular formula is C21H27ClN4O2S2. The minimum atomic E-state index is -0.700. The van der Waals surface area contributed by atoms with Crippen LogP contribution in [0.4, 0.5) is 5.69 Å². The quantitative estimate of drug-likeness (QED) is 0.369. The summed E-state index contributed by atoms with van der Waals surface area (Å²) in [5, 5.41) is 6.32. The number of thioether (sulfide) groups is 2. The molecular weight excluding hydrogens is 440 g/mol. The van der Waals surface area contributed by atoms with Crippen molar-refractivity contribution in [2.24, 2.45) is 0 Å². The summed E-state index contributed by atoms with van der Waals surface area (Å²) in [7, 11) is 0. The molecule has 0 unspecified atom stereocenters. The van der Waals surface area contributed by atoms with E-state index in [9.17, 15) is 9.59 Å². The fourth-order valence-corrected chi connectivity index (χ4v) is 3.88. The largest absolute Gasteiger partial charge is 0.339 e. The van der Waals surface area contributed by atoms with Crippen molar-refractivity contribution in [1.82, 2.24) is 15.3 Å². The summed E-state index contributed by atoms with van der Waals surface area (Å²) in [4.78, 5) is 34.1. The average Bonchev–Trinajstić information content (AvgIpc) is 2.76. The van der Waals surface area contributed by atoms with E-state index in [4.69, 9.17) is 11.6 Å². The number of aryl methyl sites for hydroxylation is 1. The lowest BCUT2D eigenvalue weighted by molar-refractivity contribution is -0.118. The molecule has 0 radical (unpaired) electrons. The molecule has 9 heteroatoms. The normalized spacial score (nSPS) is 11.7. The topological polar surface area (TPSA) is 84.0 Å². The van der Waals surface area contributed by atoms with Gasteiger partial charge in [0.25, 0.3) is 5.91 Å². The first-order valence-corrected chi connectivity index (χ1v) is 12.6. The number of hydrogen-bond donors (Lipinski definition) is 2. The van der Waals surface area contributed by atoms with E-state index in [0.717, 1.165) is 24.3 Å². The van der Waals surface area contributed by atoms with E-state index >= 15 is 0 Å². The Bertz CT molecular complexity index is 849. The first-order valence-electron chi connectivity index (χ1n) is 9.83. The summed E-state index contributed by atoms with van der Waals surface area (Å²) in [5.74, 6) is 0.816. The van der Waals surface area contributed by atoms with Gasteiger partial charge in [-0.3, -0.25) is 9.59 Å². The number of nitrogens with one attached hydrogen (secondary N) is 2. The number of rotatable bonds is 11. The second-order valence-corrected chi connectivity index (χ2v) is 9.00. The standard InChI is InChI=1S/C21H27ClN4O2S2/c1-4-11-30-21-23-13-16(22)18(26-21)20(28)25-17(10-12-29-3)19(27)24-15-8-6-14(5-2)7-9-15/h6-9,13,17H,4-5,10-12H2,1-3H3,(H,24,27)(H,25,28)/t17-/m1/s1.